The molecule has 0 aliphatic carbocycles. The number of amides is 1. The van der Waals surface area contributed by atoms with Gasteiger partial charge in [-0.3, -0.25) is 4.79 Å². The van der Waals surface area contributed by atoms with E-state index in [0.29, 0.717) is 6.54 Å². The van der Waals surface area contributed by atoms with Crippen LogP contribution in [0.2, 0.25) is 5.02 Å². The highest BCUT2D eigenvalue weighted by Crippen LogP contribution is 2.35. The lowest BCUT2D eigenvalue weighted by molar-refractivity contribution is 0.0735. The number of carbonyl (C=O) groups is 1. The minimum Gasteiger partial charge on any atom is -0.332 e. The van der Waals surface area contributed by atoms with Gasteiger partial charge in [0.25, 0.3) is 5.91 Å². The minimum atomic E-state index is -3.65. The molecule has 0 aromatic heterocycles. The third-order valence-corrected chi connectivity index (χ3v) is 7.52. The highest BCUT2D eigenvalue weighted by atomic mass is 35.5. The van der Waals surface area contributed by atoms with Crippen LogP contribution in [0.25, 0.3) is 0 Å². The van der Waals surface area contributed by atoms with E-state index in [1.807, 2.05) is 0 Å². The molecule has 1 heterocycles. The quantitative estimate of drug-likeness (QED) is 0.745. The van der Waals surface area contributed by atoms with Gasteiger partial charge in [-0.15, -0.1) is 0 Å². The molecule has 1 amide bonds. The summed E-state index contributed by atoms with van der Waals surface area (Å²) in [5, 5.41) is 0.258. The highest BCUT2D eigenvalue weighted by molar-refractivity contribution is 7.89. The van der Waals surface area contributed by atoms with Crippen molar-refractivity contribution in [3.8, 4) is 0 Å². The molecule has 150 valence electrons. The molecule has 1 saturated heterocycles. The number of benzene rings is 2. The molecule has 1 fully saturated rings. The van der Waals surface area contributed by atoms with Crippen molar-refractivity contribution in [3.05, 3.63) is 63.7 Å². The summed E-state index contributed by atoms with van der Waals surface area (Å²) in [5.74, 6) is -0.235. The van der Waals surface area contributed by atoms with Crippen molar-refractivity contribution >= 4 is 27.5 Å². The monoisotopic (exact) mass is 420 g/mol. The van der Waals surface area contributed by atoms with Crippen LogP contribution in [0.15, 0.2) is 41.3 Å². The lowest BCUT2D eigenvalue weighted by Gasteiger charge is -2.26. The molecule has 0 radical (unpaired) electrons. The Balaban J connectivity index is 1.98. The fourth-order valence-corrected chi connectivity index (χ4v) is 4.65. The molecule has 1 aliphatic rings. The Kier molecular flexibility index (Phi) is 5.84. The predicted molar refractivity (Wildman–Crippen MR) is 111 cm³/mol. The molecule has 1 unspecified atom stereocenters. The minimum absolute atomic E-state index is 0.0306. The van der Waals surface area contributed by atoms with Crippen molar-refractivity contribution in [2.45, 2.75) is 37.6 Å². The van der Waals surface area contributed by atoms with Crippen LogP contribution in [0.5, 0.6) is 0 Å². The van der Waals surface area contributed by atoms with Gasteiger partial charge in [-0.2, -0.15) is 0 Å². The fourth-order valence-electron chi connectivity index (χ4n) is 3.52. The lowest BCUT2D eigenvalue weighted by atomic mass is 9.99. The molecule has 7 heteroatoms. The number of hydrogen-bond donors (Lipinski definition) is 0. The molecule has 5 nitrogen and oxygen atoms in total. The molecular formula is C21H25ClN2O3S. The predicted octanol–water partition coefficient (Wildman–Crippen LogP) is 4.18. The van der Waals surface area contributed by atoms with E-state index >= 15 is 0 Å². The maximum absolute atomic E-state index is 13.3. The Morgan fingerprint density at radius 1 is 1.11 bits per heavy atom. The number of nitrogens with zero attached hydrogens (tertiary/aromatic N) is 2. The van der Waals surface area contributed by atoms with E-state index in [1.54, 1.807) is 4.90 Å². The van der Waals surface area contributed by atoms with Gasteiger partial charge >= 0.3 is 0 Å². The van der Waals surface area contributed by atoms with Crippen molar-refractivity contribution in [1.29, 1.82) is 0 Å². The Bertz CT molecular complexity index is 1020. The maximum atomic E-state index is 13.3. The third kappa shape index (κ3) is 3.81. The van der Waals surface area contributed by atoms with Gasteiger partial charge in [0.2, 0.25) is 10.0 Å². The van der Waals surface area contributed by atoms with Crippen molar-refractivity contribution < 1.29 is 13.2 Å². The SMILES string of the molecule is Cc1ccc(C2CCCN2C(=O)c2cc(S(=O)(=O)N(C)C)ccc2Cl)cc1C. The molecule has 28 heavy (non-hydrogen) atoms. The van der Waals surface area contributed by atoms with Crippen LogP contribution in [0.3, 0.4) is 0 Å². The molecule has 1 atom stereocenters. The average Bonchev–Trinajstić information content (AvgIpc) is 3.13. The fraction of sp³-hybridized carbons (Fsp3) is 0.381. The van der Waals surface area contributed by atoms with Gasteiger partial charge in [-0.05, 0) is 61.6 Å². The summed E-state index contributed by atoms with van der Waals surface area (Å²) < 4.78 is 26.0. The van der Waals surface area contributed by atoms with Crippen LogP contribution in [0.1, 0.15) is 45.9 Å². The third-order valence-electron chi connectivity index (χ3n) is 5.38. The largest absolute Gasteiger partial charge is 0.332 e. The van der Waals surface area contributed by atoms with E-state index < -0.39 is 10.0 Å². The molecular weight excluding hydrogens is 396 g/mol. The number of likely N-dealkylation sites (tertiary alicyclic amines) is 1. The second-order valence-electron chi connectivity index (χ2n) is 7.43. The lowest BCUT2D eigenvalue weighted by Crippen LogP contribution is -2.31. The van der Waals surface area contributed by atoms with Crippen LogP contribution >= 0.6 is 11.6 Å². The van der Waals surface area contributed by atoms with Crippen molar-refractivity contribution in [2.75, 3.05) is 20.6 Å². The smallest absolute Gasteiger partial charge is 0.255 e. The van der Waals surface area contributed by atoms with Gasteiger partial charge in [0.1, 0.15) is 0 Å². The number of rotatable bonds is 4. The number of sulfonamides is 1. The molecule has 2 aromatic rings. The molecule has 3 rings (SSSR count). The molecule has 2 aromatic carbocycles. The summed E-state index contributed by atoms with van der Waals surface area (Å²) in [6, 6.07) is 10.5. The second kappa shape index (κ2) is 7.85. The van der Waals surface area contributed by atoms with E-state index in [-0.39, 0.29) is 27.4 Å². The maximum Gasteiger partial charge on any atom is 0.255 e. The molecule has 0 spiro atoms. The van der Waals surface area contributed by atoms with E-state index in [0.717, 1.165) is 22.7 Å². The first kappa shape index (κ1) is 20.8. The Labute approximate surface area is 172 Å². The van der Waals surface area contributed by atoms with Crippen LogP contribution in [0, 0.1) is 13.8 Å². The zero-order valence-corrected chi connectivity index (χ0v) is 18.1. The van der Waals surface area contributed by atoms with E-state index in [4.69, 9.17) is 11.6 Å². The van der Waals surface area contributed by atoms with Gasteiger partial charge in [-0.1, -0.05) is 29.8 Å². The van der Waals surface area contributed by atoms with Gasteiger partial charge < -0.3 is 4.90 Å². The van der Waals surface area contributed by atoms with Crippen molar-refractivity contribution in [1.82, 2.24) is 9.21 Å². The van der Waals surface area contributed by atoms with E-state index in [1.165, 1.54) is 43.4 Å². The summed E-state index contributed by atoms with van der Waals surface area (Å²) in [5.41, 5.74) is 3.72. The zero-order chi connectivity index (χ0) is 20.6. The normalized spacial score (nSPS) is 17.4. The van der Waals surface area contributed by atoms with Gasteiger partial charge in [0, 0.05) is 20.6 Å². The van der Waals surface area contributed by atoms with Crippen LogP contribution < -0.4 is 0 Å². The Hall–Kier alpha value is -1.89. The summed E-state index contributed by atoms with van der Waals surface area (Å²) in [6.45, 7) is 4.75. The Morgan fingerprint density at radius 3 is 2.46 bits per heavy atom. The molecule has 0 bridgehead atoms. The number of carbonyl (C=O) groups excluding carboxylic acids is 1. The van der Waals surface area contributed by atoms with Gasteiger partial charge in [0.15, 0.2) is 0 Å². The number of aryl methyl sites for hydroxylation is 2. The first-order valence-corrected chi connectivity index (χ1v) is 11.0. The summed E-state index contributed by atoms with van der Waals surface area (Å²) >= 11 is 6.28. The zero-order valence-electron chi connectivity index (χ0n) is 16.6. The van der Waals surface area contributed by atoms with E-state index in [2.05, 4.69) is 32.0 Å². The van der Waals surface area contributed by atoms with E-state index in [9.17, 15) is 13.2 Å². The number of hydrogen-bond acceptors (Lipinski definition) is 3. The van der Waals surface area contributed by atoms with Crippen LogP contribution in [0.4, 0.5) is 0 Å². The topological polar surface area (TPSA) is 57.7 Å². The first-order valence-electron chi connectivity index (χ1n) is 9.23. The number of halogens is 1. The molecule has 0 saturated carbocycles. The second-order valence-corrected chi connectivity index (χ2v) is 9.99. The molecule has 1 aliphatic heterocycles. The Morgan fingerprint density at radius 2 is 1.82 bits per heavy atom. The highest BCUT2D eigenvalue weighted by Gasteiger charge is 2.32. The average molecular weight is 421 g/mol. The molecule has 0 N–H and O–H groups in total. The van der Waals surface area contributed by atoms with Crippen molar-refractivity contribution in [2.24, 2.45) is 0 Å². The summed E-state index contributed by atoms with van der Waals surface area (Å²) in [7, 11) is -0.725. The standard InChI is InChI=1S/C21H25ClN2O3S/c1-14-7-8-16(12-15(14)2)20-6-5-11-24(20)21(25)18-13-17(9-10-19(18)22)28(26,27)23(3)4/h7-10,12-13,20H,5-6,11H2,1-4H3. The first-order chi connectivity index (χ1) is 13.1. The van der Waals surface area contributed by atoms with Gasteiger partial charge in [0.05, 0.1) is 21.5 Å². The van der Waals surface area contributed by atoms with Crippen LogP contribution in [-0.4, -0.2) is 44.2 Å². The summed E-state index contributed by atoms with van der Waals surface area (Å²) in [4.78, 5) is 15.2. The van der Waals surface area contributed by atoms with Crippen molar-refractivity contribution in [3.63, 3.8) is 0 Å². The van der Waals surface area contributed by atoms with Crippen LogP contribution in [-0.2, 0) is 10.0 Å². The summed E-state index contributed by atoms with van der Waals surface area (Å²) in [6.07, 6.45) is 1.78. The van der Waals surface area contributed by atoms with Gasteiger partial charge in [-0.25, -0.2) is 12.7 Å².